The molecule has 2 saturated heterocycles. The summed E-state index contributed by atoms with van der Waals surface area (Å²) in [6.07, 6.45) is 8.74. The fourth-order valence-corrected chi connectivity index (χ4v) is 7.72. The van der Waals surface area contributed by atoms with Crippen LogP contribution >= 0.6 is 0 Å². The molecule has 312 valence electrons. The van der Waals surface area contributed by atoms with Gasteiger partial charge in [0.1, 0.15) is 36.8 Å². The maximum absolute atomic E-state index is 14.2. The van der Waals surface area contributed by atoms with Gasteiger partial charge in [-0.05, 0) is 69.9 Å². The van der Waals surface area contributed by atoms with Crippen LogP contribution in [-0.2, 0) is 38.3 Å². The van der Waals surface area contributed by atoms with Gasteiger partial charge >= 0.3 is 5.97 Å². The van der Waals surface area contributed by atoms with Crippen molar-refractivity contribution in [1.82, 2.24) is 36.8 Å². The Balaban J connectivity index is 1.99. The molecule has 0 bridgehead atoms. The molecule has 0 aromatic rings. The molecule has 55 heavy (non-hydrogen) atoms. The van der Waals surface area contributed by atoms with Gasteiger partial charge in [-0.15, -0.1) is 0 Å². The summed E-state index contributed by atoms with van der Waals surface area (Å²) in [5.41, 5.74) is 6.01. The van der Waals surface area contributed by atoms with E-state index in [-0.39, 0.29) is 36.8 Å². The number of ether oxygens (including phenoxy) is 1. The molecule has 3 rings (SSSR count). The lowest BCUT2D eigenvalue weighted by Crippen LogP contribution is -2.62. The lowest BCUT2D eigenvalue weighted by Gasteiger charge is -2.36. The first-order valence-corrected chi connectivity index (χ1v) is 20.6. The number of rotatable bonds is 12. The van der Waals surface area contributed by atoms with Crippen molar-refractivity contribution in [3.05, 3.63) is 0 Å². The number of likely N-dealkylation sites (N-methyl/N-ethyl adjacent to an activating group) is 1. The van der Waals surface area contributed by atoms with Crippen LogP contribution in [0.15, 0.2) is 0 Å². The van der Waals surface area contributed by atoms with Crippen molar-refractivity contribution in [3.8, 4) is 0 Å². The van der Waals surface area contributed by atoms with E-state index in [1.54, 1.807) is 14.0 Å². The first-order chi connectivity index (χ1) is 26.3. The summed E-state index contributed by atoms with van der Waals surface area (Å²) in [5, 5.41) is 16.8. The summed E-state index contributed by atoms with van der Waals surface area (Å²) in [6.45, 7) is 7.83. The van der Waals surface area contributed by atoms with Crippen molar-refractivity contribution in [2.24, 2.45) is 29.4 Å². The van der Waals surface area contributed by atoms with Gasteiger partial charge in [0.15, 0.2) is 0 Å². The van der Waals surface area contributed by atoms with Gasteiger partial charge in [-0.2, -0.15) is 0 Å². The number of carbonyl (C=O) groups excluding carboxylic acids is 7. The first-order valence-electron chi connectivity index (χ1n) is 20.6. The second kappa shape index (κ2) is 23.3. The Labute approximate surface area is 326 Å². The highest BCUT2D eigenvalue weighted by molar-refractivity contribution is 5.96. The number of unbranched alkanes of at least 4 members (excludes halogenated alkanes) is 3. The molecule has 16 heteroatoms. The van der Waals surface area contributed by atoms with E-state index in [1.165, 1.54) is 4.90 Å². The number of esters is 1. The van der Waals surface area contributed by atoms with Gasteiger partial charge in [-0.1, -0.05) is 66.2 Å². The molecule has 6 amide bonds. The van der Waals surface area contributed by atoms with Crippen molar-refractivity contribution >= 4 is 41.4 Å². The molecular weight excluding hydrogens is 708 g/mol. The Morgan fingerprint density at radius 1 is 0.873 bits per heavy atom. The van der Waals surface area contributed by atoms with Crippen molar-refractivity contribution in [2.75, 3.05) is 39.8 Å². The molecule has 0 unspecified atom stereocenters. The van der Waals surface area contributed by atoms with E-state index < -0.39 is 78.2 Å². The topological polar surface area (TPSA) is 230 Å². The quantitative estimate of drug-likeness (QED) is 0.108. The summed E-state index contributed by atoms with van der Waals surface area (Å²) in [7, 11) is 1.55. The zero-order valence-corrected chi connectivity index (χ0v) is 33.7. The van der Waals surface area contributed by atoms with E-state index in [0.717, 1.165) is 38.5 Å². The van der Waals surface area contributed by atoms with Crippen LogP contribution in [0.5, 0.6) is 0 Å². The minimum Gasteiger partial charge on any atom is -0.460 e. The monoisotopic (exact) mass is 777 g/mol. The van der Waals surface area contributed by atoms with Gasteiger partial charge in [-0.3, -0.25) is 33.6 Å². The zero-order chi connectivity index (χ0) is 40.5. The molecule has 2 heterocycles. The minimum atomic E-state index is -1.33. The molecule has 1 saturated carbocycles. The van der Waals surface area contributed by atoms with Gasteiger partial charge in [-0.25, -0.2) is 0 Å². The number of cyclic esters (lactones) is 1. The molecule has 3 fully saturated rings. The van der Waals surface area contributed by atoms with Crippen molar-refractivity contribution < 1.29 is 38.3 Å². The van der Waals surface area contributed by atoms with Crippen molar-refractivity contribution in [3.63, 3.8) is 0 Å². The van der Waals surface area contributed by atoms with Crippen LogP contribution in [0.4, 0.5) is 0 Å². The fraction of sp³-hybridized carbons (Fsp3) is 0.821. The number of nitrogens with zero attached hydrogens (tertiary/aromatic N) is 1. The van der Waals surface area contributed by atoms with Gasteiger partial charge in [0, 0.05) is 26.1 Å². The Morgan fingerprint density at radius 2 is 1.55 bits per heavy atom. The highest BCUT2D eigenvalue weighted by Gasteiger charge is 2.39. The highest BCUT2D eigenvalue weighted by Crippen LogP contribution is 2.28. The lowest BCUT2D eigenvalue weighted by atomic mass is 9.83. The Bertz CT molecular complexity index is 1300. The van der Waals surface area contributed by atoms with Crippen LogP contribution in [-0.4, -0.2) is 116 Å². The van der Waals surface area contributed by atoms with Crippen LogP contribution in [0.1, 0.15) is 111 Å². The van der Waals surface area contributed by atoms with Crippen LogP contribution in [0, 0.1) is 23.7 Å². The summed E-state index contributed by atoms with van der Waals surface area (Å²) in [6, 6.07) is -4.56. The SMILES string of the molecule is CCCCCC[C@@H]1OC(=O)CNC(=O)[C@H](CNC(=O)C2CCNCC2)NC(=O)[C@H](CN)NC(=O)[C@H](C2CCCCC2)NC(=O)[C@H](CC(C)C)N(C)C(=O)[C@@H]1C. The third-order valence-corrected chi connectivity index (χ3v) is 11.2. The second-order valence-electron chi connectivity index (χ2n) is 16.0. The maximum atomic E-state index is 14.2. The molecule has 1 aliphatic carbocycles. The van der Waals surface area contributed by atoms with E-state index in [2.05, 4.69) is 38.8 Å². The van der Waals surface area contributed by atoms with Crippen LogP contribution in [0.25, 0.3) is 0 Å². The fourth-order valence-electron chi connectivity index (χ4n) is 7.72. The van der Waals surface area contributed by atoms with E-state index in [9.17, 15) is 33.6 Å². The predicted molar refractivity (Wildman–Crippen MR) is 207 cm³/mol. The van der Waals surface area contributed by atoms with E-state index in [4.69, 9.17) is 10.5 Å². The number of hydrogen-bond donors (Lipinski definition) is 7. The Kier molecular flexibility index (Phi) is 19.3. The number of carbonyl (C=O) groups is 7. The molecule has 16 nitrogen and oxygen atoms in total. The van der Waals surface area contributed by atoms with Gasteiger partial charge < -0.3 is 47.3 Å². The van der Waals surface area contributed by atoms with Crippen LogP contribution in [0.3, 0.4) is 0 Å². The van der Waals surface area contributed by atoms with Crippen LogP contribution < -0.4 is 37.6 Å². The summed E-state index contributed by atoms with van der Waals surface area (Å²) >= 11 is 0. The molecule has 0 spiro atoms. The minimum absolute atomic E-state index is 0.0128. The van der Waals surface area contributed by atoms with Gasteiger partial charge in [0.2, 0.25) is 35.4 Å². The molecule has 2 aliphatic heterocycles. The normalized spacial score (nSPS) is 27.9. The highest BCUT2D eigenvalue weighted by atomic mass is 16.5. The number of amides is 6. The summed E-state index contributed by atoms with van der Waals surface area (Å²) in [4.78, 5) is 97.3. The van der Waals surface area contributed by atoms with E-state index in [1.807, 2.05) is 13.8 Å². The maximum Gasteiger partial charge on any atom is 0.325 e. The number of hydrogen-bond acceptors (Lipinski definition) is 10. The Morgan fingerprint density at radius 3 is 2.18 bits per heavy atom. The molecular formula is C39H68N8O8. The molecule has 0 aromatic carbocycles. The van der Waals surface area contributed by atoms with Crippen molar-refractivity contribution in [2.45, 2.75) is 141 Å². The molecule has 6 atom stereocenters. The molecule has 0 aromatic heterocycles. The van der Waals surface area contributed by atoms with Gasteiger partial charge in [0.05, 0.1) is 5.92 Å². The lowest BCUT2D eigenvalue weighted by molar-refractivity contribution is -0.157. The average molecular weight is 777 g/mol. The summed E-state index contributed by atoms with van der Waals surface area (Å²) < 4.78 is 5.86. The molecule has 8 N–H and O–H groups in total. The summed E-state index contributed by atoms with van der Waals surface area (Å²) in [5.74, 6) is -5.36. The largest absolute Gasteiger partial charge is 0.460 e. The molecule has 3 aliphatic rings. The standard InChI is InChI=1S/C39H68N8O8/c1-6-7-8-12-15-31-25(4)39(54)47(5)30(20-24(2)3)37(52)46-33(26-13-10-9-11-14-26)38(53)44-28(21-40)36(51)45-29(35(50)43-23-32(48)55-31)22-42-34(49)27-16-18-41-19-17-27/h24-31,33,41H,6-23,40H2,1-5H3,(H,42,49)(H,43,50)(H,44,53)(H,45,51)(H,46,52)/t25-,28+,29+,30+,31+,33+/m1/s1. The molecule has 0 radical (unpaired) electrons. The zero-order valence-electron chi connectivity index (χ0n) is 33.7. The number of nitrogens with one attached hydrogen (secondary N) is 6. The third-order valence-electron chi connectivity index (χ3n) is 11.2. The second-order valence-corrected chi connectivity index (χ2v) is 16.0. The van der Waals surface area contributed by atoms with Crippen molar-refractivity contribution in [1.29, 1.82) is 0 Å². The van der Waals surface area contributed by atoms with Gasteiger partial charge in [0.25, 0.3) is 0 Å². The third kappa shape index (κ3) is 14.3. The average Bonchev–Trinajstić information content (AvgIpc) is 3.18. The van der Waals surface area contributed by atoms with E-state index >= 15 is 0 Å². The van der Waals surface area contributed by atoms with E-state index in [0.29, 0.717) is 58.0 Å². The first kappa shape index (κ1) is 45.6. The smallest absolute Gasteiger partial charge is 0.325 e. The number of piperidine rings is 1. The predicted octanol–water partition coefficient (Wildman–Crippen LogP) is 0.617. The van der Waals surface area contributed by atoms with Crippen LogP contribution in [0.2, 0.25) is 0 Å². The number of nitrogens with two attached hydrogens (primary N) is 1. The Hall–Kier alpha value is -3.79.